The van der Waals surface area contributed by atoms with Crippen LogP contribution in [0.3, 0.4) is 0 Å². The van der Waals surface area contributed by atoms with Crippen LogP contribution in [0.25, 0.3) is 0 Å². The first-order valence-electron chi connectivity index (χ1n) is 6.48. The van der Waals surface area contributed by atoms with Gasteiger partial charge in [0.2, 0.25) is 0 Å². The van der Waals surface area contributed by atoms with Crippen molar-refractivity contribution in [2.45, 2.75) is 46.4 Å². The van der Waals surface area contributed by atoms with Crippen LogP contribution in [0, 0.1) is 5.92 Å². The van der Waals surface area contributed by atoms with Crippen LogP contribution >= 0.6 is 0 Å². The van der Waals surface area contributed by atoms with Crippen molar-refractivity contribution in [3.63, 3.8) is 0 Å². The van der Waals surface area contributed by atoms with Gasteiger partial charge in [-0.15, -0.1) is 0 Å². The number of benzene rings is 1. The number of hydrogen-bond acceptors (Lipinski definition) is 2. The maximum atomic E-state index is 5.22. The Kier molecular flexibility index (Phi) is 6.23. The van der Waals surface area contributed by atoms with Gasteiger partial charge in [0.1, 0.15) is 0 Å². The highest BCUT2D eigenvalue weighted by molar-refractivity contribution is 5.26. The van der Waals surface area contributed by atoms with Crippen LogP contribution in [0.4, 0.5) is 0 Å². The predicted molar refractivity (Wildman–Crippen MR) is 72.9 cm³/mol. The van der Waals surface area contributed by atoms with E-state index in [4.69, 9.17) is 4.74 Å². The maximum Gasteiger partial charge on any atom is 0.0716 e. The zero-order valence-electron chi connectivity index (χ0n) is 11.5. The molecule has 96 valence electrons. The number of rotatable bonds is 7. The lowest BCUT2D eigenvalue weighted by Gasteiger charge is -2.20. The highest BCUT2D eigenvalue weighted by Gasteiger charge is 2.10. The summed E-state index contributed by atoms with van der Waals surface area (Å²) in [5, 5.41) is 3.59. The van der Waals surface area contributed by atoms with Gasteiger partial charge in [-0.25, -0.2) is 0 Å². The molecule has 0 aromatic heterocycles. The number of hydrogen-bond donors (Lipinski definition) is 1. The Balaban J connectivity index is 2.56. The van der Waals surface area contributed by atoms with Crippen molar-refractivity contribution in [3.05, 3.63) is 35.4 Å². The molecule has 0 aliphatic carbocycles. The molecule has 0 aliphatic rings. The lowest BCUT2D eigenvalue weighted by Crippen LogP contribution is -2.31. The summed E-state index contributed by atoms with van der Waals surface area (Å²) in [4.78, 5) is 0. The van der Waals surface area contributed by atoms with Gasteiger partial charge in [0.25, 0.3) is 0 Å². The van der Waals surface area contributed by atoms with Crippen LogP contribution in [0.1, 0.15) is 38.3 Å². The molecule has 0 radical (unpaired) electrons. The maximum absolute atomic E-state index is 5.22. The quantitative estimate of drug-likeness (QED) is 0.782. The minimum Gasteiger partial charge on any atom is -0.380 e. The van der Waals surface area contributed by atoms with Crippen LogP contribution in [-0.4, -0.2) is 13.2 Å². The van der Waals surface area contributed by atoms with E-state index in [2.05, 4.69) is 50.4 Å². The van der Waals surface area contributed by atoms with E-state index in [1.54, 1.807) is 7.11 Å². The first-order chi connectivity index (χ1) is 8.19. The first-order valence-corrected chi connectivity index (χ1v) is 6.48. The molecule has 1 N–H and O–H groups in total. The molecule has 0 saturated carbocycles. The summed E-state index contributed by atoms with van der Waals surface area (Å²) in [6.45, 7) is 8.40. The fraction of sp³-hybridized carbons (Fsp3) is 0.600. The largest absolute Gasteiger partial charge is 0.380 e. The number of ether oxygens (including phenoxy) is 1. The van der Waals surface area contributed by atoms with Crippen molar-refractivity contribution >= 4 is 0 Å². The zero-order valence-corrected chi connectivity index (χ0v) is 11.5. The van der Waals surface area contributed by atoms with Gasteiger partial charge in [0.05, 0.1) is 6.61 Å². The topological polar surface area (TPSA) is 21.3 Å². The third kappa shape index (κ3) is 4.49. The van der Waals surface area contributed by atoms with E-state index in [9.17, 15) is 0 Å². The summed E-state index contributed by atoms with van der Waals surface area (Å²) in [6.07, 6.45) is 1.22. The average Bonchev–Trinajstić information content (AvgIpc) is 2.36. The van der Waals surface area contributed by atoms with Crippen LogP contribution in [0.15, 0.2) is 24.3 Å². The van der Waals surface area contributed by atoms with Crippen LogP contribution < -0.4 is 5.32 Å². The summed E-state index contributed by atoms with van der Waals surface area (Å²) in [5.74, 6) is 0.713. The molecule has 0 saturated heterocycles. The molecule has 0 aliphatic heterocycles. The molecule has 0 bridgehead atoms. The Morgan fingerprint density at radius 2 is 1.82 bits per heavy atom. The SMILES string of the molecule is CCC(C)C(C)NCc1ccccc1COC. The summed E-state index contributed by atoms with van der Waals surface area (Å²) in [5.41, 5.74) is 2.61. The molecular weight excluding hydrogens is 210 g/mol. The van der Waals surface area contributed by atoms with Crippen LogP contribution in [0.2, 0.25) is 0 Å². The first kappa shape index (κ1) is 14.2. The Morgan fingerprint density at radius 3 is 2.41 bits per heavy atom. The lowest BCUT2D eigenvalue weighted by molar-refractivity contribution is 0.184. The Hall–Kier alpha value is -0.860. The molecule has 2 heteroatoms. The highest BCUT2D eigenvalue weighted by atomic mass is 16.5. The third-order valence-electron chi connectivity index (χ3n) is 3.53. The van der Waals surface area contributed by atoms with Gasteiger partial charge in [0, 0.05) is 19.7 Å². The fourth-order valence-electron chi connectivity index (χ4n) is 1.85. The summed E-state index contributed by atoms with van der Waals surface area (Å²) < 4.78 is 5.22. The van der Waals surface area contributed by atoms with Crippen molar-refractivity contribution in [3.8, 4) is 0 Å². The second-order valence-electron chi connectivity index (χ2n) is 4.76. The van der Waals surface area contributed by atoms with E-state index in [0.717, 1.165) is 6.54 Å². The van der Waals surface area contributed by atoms with Crippen molar-refractivity contribution in [2.75, 3.05) is 7.11 Å². The minimum atomic E-state index is 0.551. The van der Waals surface area contributed by atoms with Gasteiger partial charge >= 0.3 is 0 Å². The van der Waals surface area contributed by atoms with Gasteiger partial charge in [-0.3, -0.25) is 0 Å². The highest BCUT2D eigenvalue weighted by Crippen LogP contribution is 2.12. The summed E-state index contributed by atoms with van der Waals surface area (Å²) in [6, 6.07) is 9.01. The van der Waals surface area contributed by atoms with E-state index in [1.165, 1.54) is 17.5 Å². The minimum absolute atomic E-state index is 0.551. The van der Waals surface area contributed by atoms with E-state index in [0.29, 0.717) is 18.6 Å². The molecule has 1 rings (SSSR count). The standard InChI is InChI=1S/C15H25NO/c1-5-12(2)13(3)16-10-14-8-6-7-9-15(14)11-17-4/h6-9,12-13,16H,5,10-11H2,1-4H3. The third-order valence-corrected chi connectivity index (χ3v) is 3.53. The van der Waals surface area contributed by atoms with Gasteiger partial charge in [-0.2, -0.15) is 0 Å². The molecular formula is C15H25NO. The molecule has 1 aromatic rings. The van der Waals surface area contributed by atoms with Gasteiger partial charge in [-0.05, 0) is 24.0 Å². The summed E-state index contributed by atoms with van der Waals surface area (Å²) >= 11 is 0. The van der Waals surface area contributed by atoms with E-state index in [-0.39, 0.29) is 0 Å². The van der Waals surface area contributed by atoms with Crippen molar-refractivity contribution in [1.82, 2.24) is 5.32 Å². The second-order valence-corrected chi connectivity index (χ2v) is 4.76. The molecule has 0 heterocycles. The summed E-state index contributed by atoms with van der Waals surface area (Å²) in [7, 11) is 1.74. The van der Waals surface area contributed by atoms with Gasteiger partial charge in [-0.1, -0.05) is 44.5 Å². The van der Waals surface area contributed by atoms with E-state index >= 15 is 0 Å². The Labute approximate surface area is 105 Å². The lowest BCUT2D eigenvalue weighted by atomic mass is 10.00. The second kappa shape index (κ2) is 7.46. The fourth-order valence-corrected chi connectivity index (χ4v) is 1.85. The average molecular weight is 235 g/mol. The zero-order chi connectivity index (χ0) is 12.7. The van der Waals surface area contributed by atoms with Gasteiger partial charge in [0.15, 0.2) is 0 Å². The number of nitrogens with one attached hydrogen (secondary N) is 1. The van der Waals surface area contributed by atoms with Gasteiger partial charge < -0.3 is 10.1 Å². The van der Waals surface area contributed by atoms with E-state index < -0.39 is 0 Å². The molecule has 0 spiro atoms. The van der Waals surface area contributed by atoms with Crippen LogP contribution in [-0.2, 0) is 17.9 Å². The Bertz CT molecular complexity index is 324. The predicted octanol–water partition coefficient (Wildman–Crippen LogP) is 3.36. The monoisotopic (exact) mass is 235 g/mol. The number of methoxy groups -OCH3 is 1. The van der Waals surface area contributed by atoms with Crippen LogP contribution in [0.5, 0.6) is 0 Å². The molecule has 2 unspecified atom stereocenters. The smallest absolute Gasteiger partial charge is 0.0716 e. The van der Waals surface area contributed by atoms with Crippen molar-refractivity contribution < 1.29 is 4.74 Å². The Morgan fingerprint density at radius 1 is 1.18 bits per heavy atom. The van der Waals surface area contributed by atoms with Crippen molar-refractivity contribution in [1.29, 1.82) is 0 Å². The van der Waals surface area contributed by atoms with E-state index in [1.807, 2.05) is 0 Å². The molecule has 2 atom stereocenters. The molecule has 2 nitrogen and oxygen atoms in total. The normalized spacial score (nSPS) is 14.6. The molecule has 1 aromatic carbocycles. The molecule has 17 heavy (non-hydrogen) atoms. The molecule has 0 fully saturated rings. The van der Waals surface area contributed by atoms with Crippen molar-refractivity contribution in [2.24, 2.45) is 5.92 Å². The molecule has 0 amide bonds.